The van der Waals surface area contributed by atoms with Gasteiger partial charge in [-0.3, -0.25) is 9.69 Å². The average Bonchev–Trinajstić information content (AvgIpc) is 2.85. The number of amides is 1. The van der Waals surface area contributed by atoms with E-state index in [0.29, 0.717) is 21.5 Å². The third kappa shape index (κ3) is 3.13. The van der Waals surface area contributed by atoms with E-state index in [9.17, 15) is 4.79 Å². The molecule has 1 N–H and O–H groups in total. The molecule has 6 heteroatoms. The number of aryl methyl sites for hydroxylation is 1. The number of carbonyl (C=O) groups is 1. The van der Waals surface area contributed by atoms with Crippen molar-refractivity contribution < 1.29 is 9.53 Å². The molecule has 0 atom stereocenters. The van der Waals surface area contributed by atoms with Gasteiger partial charge in [-0.15, -0.1) is 0 Å². The zero-order valence-corrected chi connectivity index (χ0v) is 14.7. The van der Waals surface area contributed by atoms with Gasteiger partial charge in [0.25, 0.3) is 5.91 Å². The number of halogens is 1. The Bertz CT molecular complexity index is 847. The van der Waals surface area contributed by atoms with Crippen LogP contribution in [0.1, 0.15) is 11.1 Å². The molecule has 0 bridgehead atoms. The minimum absolute atomic E-state index is 0.212. The van der Waals surface area contributed by atoms with Gasteiger partial charge in [-0.05, 0) is 60.6 Å². The summed E-state index contributed by atoms with van der Waals surface area (Å²) < 4.78 is 5.13. The number of hydrogen-bond donors (Lipinski definition) is 1. The fraction of sp³-hybridized carbons (Fsp3) is 0.111. The van der Waals surface area contributed by atoms with Gasteiger partial charge >= 0.3 is 0 Å². The highest BCUT2D eigenvalue weighted by molar-refractivity contribution is 7.80. The summed E-state index contributed by atoms with van der Waals surface area (Å²) >= 11 is 11.5. The number of ether oxygens (including phenoxy) is 1. The van der Waals surface area contributed by atoms with Crippen molar-refractivity contribution in [2.75, 3.05) is 12.0 Å². The molecule has 0 saturated carbocycles. The largest absolute Gasteiger partial charge is 0.497 e. The van der Waals surface area contributed by atoms with Crippen molar-refractivity contribution in [3.63, 3.8) is 0 Å². The number of methoxy groups -OCH3 is 1. The Hall–Kier alpha value is -2.37. The summed E-state index contributed by atoms with van der Waals surface area (Å²) in [5.74, 6) is 0.546. The predicted molar refractivity (Wildman–Crippen MR) is 100 cm³/mol. The average molecular weight is 359 g/mol. The number of anilines is 1. The second-order valence-corrected chi connectivity index (χ2v) is 6.13. The van der Waals surface area contributed by atoms with E-state index in [-0.39, 0.29) is 5.91 Å². The van der Waals surface area contributed by atoms with Gasteiger partial charge in [0.05, 0.1) is 12.8 Å². The topological polar surface area (TPSA) is 41.6 Å². The summed E-state index contributed by atoms with van der Waals surface area (Å²) in [5.41, 5.74) is 2.88. The molecule has 2 aromatic rings. The van der Waals surface area contributed by atoms with Crippen molar-refractivity contribution in [2.45, 2.75) is 6.92 Å². The van der Waals surface area contributed by atoms with Crippen LogP contribution in [0.25, 0.3) is 6.08 Å². The van der Waals surface area contributed by atoms with Crippen molar-refractivity contribution in [3.05, 3.63) is 64.3 Å². The smallest absolute Gasteiger partial charge is 0.281 e. The molecule has 3 rings (SSSR count). The van der Waals surface area contributed by atoms with Gasteiger partial charge in [-0.25, -0.2) is 0 Å². The van der Waals surface area contributed by atoms with Crippen molar-refractivity contribution in [1.29, 1.82) is 0 Å². The Morgan fingerprint density at radius 2 is 1.92 bits per heavy atom. The zero-order chi connectivity index (χ0) is 17.3. The van der Waals surface area contributed by atoms with Crippen molar-refractivity contribution in [3.8, 4) is 5.75 Å². The fourth-order valence-corrected chi connectivity index (χ4v) is 2.83. The van der Waals surface area contributed by atoms with Gasteiger partial charge in [-0.1, -0.05) is 29.8 Å². The highest BCUT2D eigenvalue weighted by Crippen LogP contribution is 2.27. The minimum atomic E-state index is -0.212. The van der Waals surface area contributed by atoms with Crippen LogP contribution in [0, 0.1) is 6.92 Å². The first-order chi connectivity index (χ1) is 11.5. The molecular weight excluding hydrogens is 344 g/mol. The first-order valence-corrected chi connectivity index (χ1v) is 8.05. The third-order valence-electron chi connectivity index (χ3n) is 3.72. The number of carbonyl (C=O) groups excluding carboxylic acids is 1. The Balaban J connectivity index is 1.90. The molecule has 1 aliphatic heterocycles. The summed E-state index contributed by atoms with van der Waals surface area (Å²) in [6, 6.07) is 12.8. The van der Waals surface area contributed by atoms with Crippen LogP contribution in [0.15, 0.2) is 48.2 Å². The van der Waals surface area contributed by atoms with Crippen LogP contribution < -0.4 is 15.0 Å². The summed E-state index contributed by atoms with van der Waals surface area (Å²) in [4.78, 5) is 14.1. The van der Waals surface area contributed by atoms with E-state index >= 15 is 0 Å². The molecule has 0 radical (unpaired) electrons. The summed E-state index contributed by atoms with van der Waals surface area (Å²) in [7, 11) is 1.61. The molecule has 0 aromatic heterocycles. The Labute approximate surface area is 150 Å². The van der Waals surface area contributed by atoms with Crippen LogP contribution in [0.5, 0.6) is 5.75 Å². The quantitative estimate of drug-likeness (QED) is 0.667. The number of hydrogen-bond acceptors (Lipinski definition) is 3. The lowest BCUT2D eigenvalue weighted by Crippen LogP contribution is -2.30. The monoisotopic (exact) mass is 358 g/mol. The molecular formula is C18H15ClN2O2S. The molecule has 0 aliphatic carbocycles. The number of nitrogens with one attached hydrogen (secondary N) is 1. The zero-order valence-electron chi connectivity index (χ0n) is 13.2. The fourth-order valence-electron chi connectivity index (χ4n) is 2.36. The Morgan fingerprint density at radius 1 is 1.21 bits per heavy atom. The number of rotatable bonds is 3. The molecule has 122 valence electrons. The van der Waals surface area contributed by atoms with Crippen LogP contribution in [0.2, 0.25) is 5.02 Å². The van der Waals surface area contributed by atoms with Crippen molar-refractivity contribution in [1.82, 2.24) is 5.32 Å². The van der Waals surface area contributed by atoms with Gasteiger partial charge in [0.1, 0.15) is 11.4 Å². The van der Waals surface area contributed by atoms with Crippen LogP contribution >= 0.6 is 23.8 Å². The maximum absolute atomic E-state index is 12.7. The van der Waals surface area contributed by atoms with Gasteiger partial charge < -0.3 is 10.1 Å². The Kier molecular flexibility index (Phi) is 4.55. The van der Waals surface area contributed by atoms with E-state index in [0.717, 1.165) is 16.9 Å². The molecule has 1 aliphatic rings. The van der Waals surface area contributed by atoms with E-state index in [2.05, 4.69) is 5.32 Å². The van der Waals surface area contributed by atoms with Gasteiger partial charge in [-0.2, -0.15) is 0 Å². The number of nitrogens with zero attached hydrogens (tertiary/aromatic N) is 1. The summed E-state index contributed by atoms with van der Waals surface area (Å²) in [6.07, 6.45) is 1.75. The first kappa shape index (κ1) is 16.5. The number of thiocarbonyl (C=S) groups is 1. The molecule has 2 aromatic carbocycles. The van der Waals surface area contributed by atoms with Crippen LogP contribution in [-0.2, 0) is 4.79 Å². The van der Waals surface area contributed by atoms with Gasteiger partial charge in [0.2, 0.25) is 0 Å². The van der Waals surface area contributed by atoms with E-state index in [1.165, 1.54) is 4.90 Å². The minimum Gasteiger partial charge on any atom is -0.497 e. The molecule has 1 amide bonds. The first-order valence-electron chi connectivity index (χ1n) is 7.27. The molecule has 0 spiro atoms. The van der Waals surface area contributed by atoms with Crippen LogP contribution in [0.4, 0.5) is 5.69 Å². The lowest BCUT2D eigenvalue weighted by molar-refractivity contribution is -0.113. The SMILES string of the molecule is COc1ccc(/C=C2\NC(=S)N(c3ccc(C)c(Cl)c3)C2=O)cc1. The lowest BCUT2D eigenvalue weighted by atomic mass is 10.1. The molecule has 24 heavy (non-hydrogen) atoms. The van der Waals surface area contributed by atoms with E-state index < -0.39 is 0 Å². The molecule has 1 fully saturated rings. The summed E-state index contributed by atoms with van der Waals surface area (Å²) in [5, 5.41) is 3.88. The van der Waals surface area contributed by atoms with E-state index in [1.54, 1.807) is 19.3 Å². The maximum atomic E-state index is 12.7. The van der Waals surface area contributed by atoms with Crippen molar-refractivity contribution >= 4 is 46.6 Å². The van der Waals surface area contributed by atoms with Crippen LogP contribution in [-0.4, -0.2) is 18.1 Å². The predicted octanol–water partition coefficient (Wildman–Crippen LogP) is 3.92. The third-order valence-corrected chi connectivity index (χ3v) is 4.41. The van der Waals surface area contributed by atoms with Gasteiger partial charge in [0.15, 0.2) is 5.11 Å². The molecule has 0 unspecified atom stereocenters. The normalized spacial score (nSPS) is 15.8. The summed E-state index contributed by atoms with van der Waals surface area (Å²) in [6.45, 7) is 1.91. The number of benzene rings is 2. The lowest BCUT2D eigenvalue weighted by Gasteiger charge is -2.14. The second-order valence-electron chi connectivity index (χ2n) is 5.34. The highest BCUT2D eigenvalue weighted by atomic mass is 35.5. The van der Waals surface area contributed by atoms with Crippen LogP contribution in [0.3, 0.4) is 0 Å². The highest BCUT2D eigenvalue weighted by Gasteiger charge is 2.32. The van der Waals surface area contributed by atoms with Crippen molar-refractivity contribution in [2.24, 2.45) is 0 Å². The second kappa shape index (κ2) is 6.63. The molecule has 1 heterocycles. The standard InChI is InChI=1S/C18H15ClN2O2S/c1-11-3-6-13(10-15(11)19)21-17(22)16(20-18(21)24)9-12-4-7-14(23-2)8-5-12/h3-10H,1-2H3,(H,20,24)/b16-9-. The molecule has 1 saturated heterocycles. The Morgan fingerprint density at radius 3 is 2.54 bits per heavy atom. The van der Waals surface area contributed by atoms with Gasteiger partial charge in [0, 0.05) is 5.02 Å². The van der Waals surface area contributed by atoms with E-state index in [1.807, 2.05) is 43.3 Å². The van der Waals surface area contributed by atoms with E-state index in [4.69, 9.17) is 28.6 Å². The maximum Gasteiger partial charge on any atom is 0.281 e. The molecule has 4 nitrogen and oxygen atoms in total.